The number of aromatic nitrogens is 1. The summed E-state index contributed by atoms with van der Waals surface area (Å²) in [5.41, 5.74) is 0.585. The van der Waals surface area contributed by atoms with Gasteiger partial charge in [0.25, 0.3) is 5.91 Å². The molecule has 1 saturated heterocycles. The lowest BCUT2D eigenvalue weighted by Gasteiger charge is -2.23. The highest BCUT2D eigenvalue weighted by molar-refractivity contribution is 6.04. The molecule has 4 rings (SSSR count). The van der Waals surface area contributed by atoms with Crippen LogP contribution in [-0.4, -0.2) is 42.0 Å². The van der Waals surface area contributed by atoms with Gasteiger partial charge in [0.1, 0.15) is 29.1 Å². The first-order valence-corrected chi connectivity index (χ1v) is 10.5. The van der Waals surface area contributed by atoms with Crippen molar-refractivity contribution in [3.8, 4) is 0 Å². The van der Waals surface area contributed by atoms with E-state index in [4.69, 9.17) is 0 Å². The molecule has 0 spiro atoms. The minimum absolute atomic E-state index is 0.259. The van der Waals surface area contributed by atoms with Crippen LogP contribution in [0.5, 0.6) is 0 Å². The topological polar surface area (TPSA) is 48.5 Å². The predicted molar refractivity (Wildman–Crippen MR) is 117 cm³/mol. The van der Waals surface area contributed by atoms with E-state index in [2.05, 4.69) is 20.1 Å². The van der Waals surface area contributed by atoms with Crippen molar-refractivity contribution in [2.24, 2.45) is 0 Å². The van der Waals surface area contributed by atoms with Crippen molar-refractivity contribution in [3.05, 3.63) is 89.1 Å². The van der Waals surface area contributed by atoms with Crippen molar-refractivity contribution in [1.82, 2.24) is 9.88 Å². The first kappa shape index (κ1) is 22.7. The van der Waals surface area contributed by atoms with E-state index >= 15 is 0 Å². The van der Waals surface area contributed by atoms with Crippen LogP contribution in [-0.2, 0) is 6.54 Å². The van der Waals surface area contributed by atoms with Gasteiger partial charge in [0.05, 0.1) is 17.4 Å². The zero-order valence-electron chi connectivity index (χ0n) is 17.7. The van der Waals surface area contributed by atoms with E-state index in [0.717, 1.165) is 43.5 Å². The minimum atomic E-state index is -0.938. The molecular formula is C24H22F4N4O. The Morgan fingerprint density at radius 2 is 1.64 bits per heavy atom. The number of halogens is 4. The van der Waals surface area contributed by atoms with Crippen LogP contribution in [0.25, 0.3) is 0 Å². The minimum Gasteiger partial charge on any atom is -0.355 e. The number of carbonyl (C=O) groups excluding carboxylic acids is 1. The number of hydrogen-bond donors (Lipinski definition) is 1. The number of rotatable bonds is 5. The number of nitrogens with one attached hydrogen (secondary N) is 1. The van der Waals surface area contributed by atoms with Gasteiger partial charge >= 0.3 is 0 Å². The second-order valence-corrected chi connectivity index (χ2v) is 7.84. The molecule has 2 heterocycles. The summed E-state index contributed by atoms with van der Waals surface area (Å²) >= 11 is 0. The average Bonchev–Trinajstić information content (AvgIpc) is 3.02. The molecule has 2 aromatic carbocycles. The van der Waals surface area contributed by atoms with E-state index in [-0.39, 0.29) is 5.56 Å². The highest BCUT2D eigenvalue weighted by Crippen LogP contribution is 2.19. The fourth-order valence-electron chi connectivity index (χ4n) is 3.77. The molecule has 1 aliphatic heterocycles. The number of hydrogen-bond acceptors (Lipinski definition) is 4. The molecule has 1 amide bonds. The number of benzene rings is 2. The van der Waals surface area contributed by atoms with Crippen LogP contribution < -0.4 is 10.2 Å². The van der Waals surface area contributed by atoms with Crippen molar-refractivity contribution in [1.29, 1.82) is 0 Å². The van der Waals surface area contributed by atoms with Crippen LogP contribution in [0.3, 0.4) is 0 Å². The number of pyridine rings is 1. The third kappa shape index (κ3) is 5.67. The number of anilines is 2. The summed E-state index contributed by atoms with van der Waals surface area (Å²) in [5.74, 6) is -2.81. The molecule has 0 saturated carbocycles. The lowest BCUT2D eigenvalue weighted by atomic mass is 10.2. The zero-order chi connectivity index (χ0) is 23.4. The van der Waals surface area contributed by atoms with Crippen LogP contribution in [0.15, 0.2) is 54.7 Å². The molecule has 5 nitrogen and oxygen atoms in total. The normalized spacial score (nSPS) is 14.7. The van der Waals surface area contributed by atoms with Gasteiger partial charge in [0.15, 0.2) is 0 Å². The van der Waals surface area contributed by atoms with Crippen LogP contribution in [0.1, 0.15) is 22.3 Å². The van der Waals surface area contributed by atoms with Gasteiger partial charge in [-0.3, -0.25) is 9.69 Å². The van der Waals surface area contributed by atoms with Gasteiger partial charge in [0, 0.05) is 50.4 Å². The molecule has 0 unspecified atom stereocenters. The number of amides is 1. The van der Waals surface area contributed by atoms with Crippen molar-refractivity contribution in [2.75, 3.05) is 36.4 Å². The van der Waals surface area contributed by atoms with E-state index in [1.165, 1.54) is 18.3 Å². The maximum absolute atomic E-state index is 14.0. The van der Waals surface area contributed by atoms with Crippen molar-refractivity contribution in [3.63, 3.8) is 0 Å². The maximum Gasteiger partial charge on any atom is 0.258 e. The molecule has 3 aromatic rings. The number of carbonyl (C=O) groups is 1. The first-order chi connectivity index (χ1) is 15.9. The van der Waals surface area contributed by atoms with Crippen molar-refractivity contribution in [2.45, 2.75) is 13.0 Å². The molecule has 0 aliphatic carbocycles. The molecule has 0 atom stereocenters. The van der Waals surface area contributed by atoms with Gasteiger partial charge in [-0.05, 0) is 36.8 Å². The quantitative estimate of drug-likeness (QED) is 0.568. The van der Waals surface area contributed by atoms with Crippen LogP contribution in [0.4, 0.5) is 29.1 Å². The fourth-order valence-corrected chi connectivity index (χ4v) is 3.77. The Hall–Kier alpha value is -3.46. The molecule has 0 radical (unpaired) electrons. The summed E-state index contributed by atoms with van der Waals surface area (Å²) in [6, 6.07) is 9.81. The van der Waals surface area contributed by atoms with Gasteiger partial charge in [-0.15, -0.1) is 0 Å². The molecule has 1 fully saturated rings. The standard InChI is InChI=1S/C24H22F4N4O/c25-17-3-2-16(21(27)12-17)15-31-8-1-9-32(11-10-31)23-7-5-19(14-29-23)30-24(33)20-6-4-18(26)13-22(20)28/h2-7,12-14H,1,8-11,15H2,(H,30,33). The van der Waals surface area contributed by atoms with E-state index in [9.17, 15) is 22.4 Å². The van der Waals surface area contributed by atoms with Gasteiger partial charge in [0.2, 0.25) is 0 Å². The Labute approximate surface area is 188 Å². The van der Waals surface area contributed by atoms with E-state index in [1.54, 1.807) is 12.1 Å². The highest BCUT2D eigenvalue weighted by atomic mass is 19.1. The van der Waals surface area contributed by atoms with E-state index < -0.39 is 29.2 Å². The fraction of sp³-hybridized carbons (Fsp3) is 0.250. The van der Waals surface area contributed by atoms with Crippen molar-refractivity contribution >= 4 is 17.4 Å². The summed E-state index contributed by atoms with van der Waals surface area (Å²) in [6.07, 6.45) is 2.32. The maximum atomic E-state index is 14.0. The van der Waals surface area contributed by atoms with Crippen LogP contribution in [0.2, 0.25) is 0 Å². The second kappa shape index (κ2) is 9.99. The monoisotopic (exact) mass is 458 g/mol. The van der Waals surface area contributed by atoms with Crippen LogP contribution >= 0.6 is 0 Å². The molecular weight excluding hydrogens is 436 g/mol. The molecule has 1 aliphatic rings. The average molecular weight is 458 g/mol. The smallest absolute Gasteiger partial charge is 0.258 e. The largest absolute Gasteiger partial charge is 0.355 e. The van der Waals surface area contributed by atoms with Gasteiger partial charge < -0.3 is 10.2 Å². The highest BCUT2D eigenvalue weighted by Gasteiger charge is 2.18. The molecule has 1 N–H and O–H groups in total. The second-order valence-electron chi connectivity index (χ2n) is 7.84. The summed E-state index contributed by atoms with van der Waals surface area (Å²) in [5, 5.41) is 2.55. The molecule has 1 aromatic heterocycles. The summed E-state index contributed by atoms with van der Waals surface area (Å²) in [6.45, 7) is 3.27. The Bertz CT molecular complexity index is 1140. The summed E-state index contributed by atoms with van der Waals surface area (Å²) in [7, 11) is 0. The molecule has 33 heavy (non-hydrogen) atoms. The van der Waals surface area contributed by atoms with Crippen LogP contribution in [0, 0.1) is 23.3 Å². The Morgan fingerprint density at radius 1 is 0.879 bits per heavy atom. The van der Waals surface area contributed by atoms with Gasteiger partial charge in [-0.2, -0.15) is 0 Å². The first-order valence-electron chi connectivity index (χ1n) is 10.5. The summed E-state index contributed by atoms with van der Waals surface area (Å²) in [4.78, 5) is 20.8. The van der Waals surface area contributed by atoms with Crippen molar-refractivity contribution < 1.29 is 22.4 Å². The third-order valence-corrected chi connectivity index (χ3v) is 5.50. The predicted octanol–water partition coefficient (Wildman–Crippen LogP) is 4.60. The van der Waals surface area contributed by atoms with Gasteiger partial charge in [-0.1, -0.05) is 6.07 Å². The van der Waals surface area contributed by atoms with E-state index in [1.807, 2.05) is 0 Å². The Kier molecular flexibility index (Phi) is 6.88. The van der Waals surface area contributed by atoms with Gasteiger partial charge in [-0.25, -0.2) is 22.5 Å². The number of nitrogens with zero attached hydrogens (tertiary/aromatic N) is 3. The van der Waals surface area contributed by atoms with E-state index in [0.29, 0.717) is 37.0 Å². The zero-order valence-corrected chi connectivity index (χ0v) is 17.7. The third-order valence-electron chi connectivity index (χ3n) is 5.50. The Balaban J connectivity index is 1.35. The molecule has 172 valence electrons. The summed E-state index contributed by atoms with van der Waals surface area (Å²) < 4.78 is 53.9. The molecule has 0 bridgehead atoms. The molecule has 9 heteroatoms. The lowest BCUT2D eigenvalue weighted by Crippen LogP contribution is -2.31. The lowest BCUT2D eigenvalue weighted by molar-refractivity contribution is 0.102. The Morgan fingerprint density at radius 3 is 2.33 bits per heavy atom. The SMILES string of the molecule is O=C(Nc1ccc(N2CCCN(Cc3ccc(F)cc3F)CC2)nc1)c1ccc(F)cc1F.